The summed E-state index contributed by atoms with van der Waals surface area (Å²) in [6.45, 7) is 3.09. The first-order chi connectivity index (χ1) is 7.95. The van der Waals surface area contributed by atoms with E-state index in [0.29, 0.717) is 6.10 Å². The van der Waals surface area contributed by atoms with Crippen LogP contribution in [0.25, 0.3) is 6.08 Å². The van der Waals surface area contributed by atoms with Gasteiger partial charge in [-0.05, 0) is 24.5 Å². The van der Waals surface area contributed by atoms with Gasteiger partial charge in [0.25, 0.3) is 0 Å². The lowest BCUT2D eigenvalue weighted by molar-refractivity contribution is -0.652. The lowest BCUT2D eigenvalue weighted by Gasteiger charge is -2.05. The van der Waals surface area contributed by atoms with Crippen molar-refractivity contribution in [1.29, 1.82) is 0 Å². The summed E-state index contributed by atoms with van der Waals surface area (Å²) in [4.78, 5) is 0. The van der Waals surface area contributed by atoms with Crippen LogP contribution in [0.5, 0.6) is 0 Å². The van der Waals surface area contributed by atoms with Crippen LogP contribution in [0.2, 0.25) is 0 Å². The van der Waals surface area contributed by atoms with Gasteiger partial charge in [0.05, 0.1) is 6.54 Å². The highest BCUT2D eigenvalue weighted by Gasteiger charge is 2.15. The Kier molecular flexibility index (Phi) is 4.59. The molecule has 0 radical (unpaired) electrons. The fraction of sp³-hybridized carbons (Fsp3) is 0.429. The van der Waals surface area contributed by atoms with Gasteiger partial charge in [-0.2, -0.15) is 0 Å². The predicted octanol–water partition coefficient (Wildman–Crippen LogP) is 1.44. The number of quaternary nitrogens is 1. The third-order valence-corrected chi connectivity index (χ3v) is 2.87. The molecule has 0 spiro atoms. The molecule has 0 saturated carbocycles. The van der Waals surface area contributed by atoms with E-state index in [1.54, 1.807) is 0 Å². The Hall–Kier alpha value is -1.12. The van der Waals surface area contributed by atoms with Crippen LogP contribution in [0.15, 0.2) is 36.4 Å². The number of hydrogen-bond donors (Lipinski definition) is 1. The molecule has 0 amide bonds. The van der Waals surface area contributed by atoms with Gasteiger partial charge in [-0.25, -0.2) is 0 Å². The minimum absolute atomic E-state index is 0.491. The summed E-state index contributed by atoms with van der Waals surface area (Å²) in [6, 6.07) is 10.4. The van der Waals surface area contributed by atoms with E-state index < -0.39 is 0 Å². The van der Waals surface area contributed by atoms with Crippen molar-refractivity contribution >= 4 is 6.08 Å². The minimum atomic E-state index is 0.491. The van der Waals surface area contributed by atoms with Crippen molar-refractivity contribution in [2.45, 2.75) is 18.9 Å². The summed E-state index contributed by atoms with van der Waals surface area (Å²) in [6.07, 6.45) is 7.35. The van der Waals surface area contributed by atoms with Gasteiger partial charge < -0.3 is 10.1 Å². The number of nitrogens with two attached hydrogens (primary N) is 1. The molecule has 86 valence electrons. The molecule has 0 bridgehead atoms. The molecule has 1 atom stereocenters. The van der Waals surface area contributed by atoms with Crippen LogP contribution >= 0.6 is 0 Å². The third-order valence-electron chi connectivity index (χ3n) is 2.87. The fourth-order valence-corrected chi connectivity index (χ4v) is 1.98. The lowest BCUT2D eigenvalue weighted by atomic mass is 10.2. The van der Waals surface area contributed by atoms with Gasteiger partial charge in [-0.3, -0.25) is 0 Å². The van der Waals surface area contributed by atoms with Crippen LogP contribution in [-0.2, 0) is 4.74 Å². The maximum atomic E-state index is 5.56. The highest BCUT2D eigenvalue weighted by Crippen LogP contribution is 2.09. The monoisotopic (exact) mass is 218 g/mol. The van der Waals surface area contributed by atoms with Crippen molar-refractivity contribution in [2.24, 2.45) is 0 Å². The SMILES string of the molecule is C(=C\c1ccccc1)/C[NH2+]C[C@H]1CCCO1. The molecule has 16 heavy (non-hydrogen) atoms. The first-order valence-corrected chi connectivity index (χ1v) is 6.10. The summed E-state index contributed by atoms with van der Waals surface area (Å²) in [5, 5.41) is 2.31. The van der Waals surface area contributed by atoms with Gasteiger partial charge in [-0.15, -0.1) is 0 Å². The molecule has 2 heteroatoms. The van der Waals surface area contributed by atoms with E-state index >= 15 is 0 Å². The van der Waals surface area contributed by atoms with Crippen molar-refractivity contribution in [2.75, 3.05) is 19.7 Å². The molecule has 2 N–H and O–H groups in total. The van der Waals surface area contributed by atoms with Gasteiger partial charge in [0.1, 0.15) is 12.6 Å². The van der Waals surface area contributed by atoms with Crippen LogP contribution < -0.4 is 5.32 Å². The summed E-state index contributed by atoms with van der Waals surface area (Å²) < 4.78 is 5.56. The number of benzene rings is 1. The molecule has 0 unspecified atom stereocenters. The van der Waals surface area contributed by atoms with E-state index in [2.05, 4.69) is 41.7 Å². The zero-order chi connectivity index (χ0) is 11.1. The molecule has 1 saturated heterocycles. The standard InChI is InChI=1S/C14H19NO/c1-2-6-13(7-3-1)8-4-10-15-12-14-9-5-11-16-14/h1-4,6-8,14-15H,5,9-12H2/p+1/b8-4+/t14-/m1/s1. The van der Waals surface area contributed by atoms with Crippen LogP contribution in [0.1, 0.15) is 18.4 Å². The fourth-order valence-electron chi connectivity index (χ4n) is 1.98. The quantitative estimate of drug-likeness (QED) is 0.744. The van der Waals surface area contributed by atoms with E-state index in [9.17, 15) is 0 Å². The van der Waals surface area contributed by atoms with E-state index in [-0.39, 0.29) is 0 Å². The van der Waals surface area contributed by atoms with Crippen LogP contribution in [-0.4, -0.2) is 25.8 Å². The molecule has 1 heterocycles. The van der Waals surface area contributed by atoms with Gasteiger partial charge in [0.15, 0.2) is 0 Å². The lowest BCUT2D eigenvalue weighted by Crippen LogP contribution is -2.86. The zero-order valence-electron chi connectivity index (χ0n) is 9.64. The van der Waals surface area contributed by atoms with Crippen molar-refractivity contribution in [3.05, 3.63) is 42.0 Å². The second kappa shape index (κ2) is 6.46. The summed E-state index contributed by atoms with van der Waals surface area (Å²) in [5.74, 6) is 0. The molecule has 1 aromatic rings. The maximum absolute atomic E-state index is 5.56. The molecular formula is C14H20NO+. The predicted molar refractivity (Wildman–Crippen MR) is 66.1 cm³/mol. The largest absolute Gasteiger partial charge is 0.372 e. The third kappa shape index (κ3) is 3.80. The Bertz CT molecular complexity index is 315. The normalized spacial score (nSPS) is 20.6. The van der Waals surface area contributed by atoms with Crippen LogP contribution in [0.3, 0.4) is 0 Å². The molecule has 0 aliphatic carbocycles. The van der Waals surface area contributed by atoms with E-state index in [4.69, 9.17) is 4.74 Å². The van der Waals surface area contributed by atoms with Crippen molar-refractivity contribution < 1.29 is 10.1 Å². The van der Waals surface area contributed by atoms with E-state index in [0.717, 1.165) is 19.7 Å². The van der Waals surface area contributed by atoms with Crippen LogP contribution in [0.4, 0.5) is 0 Å². The highest BCUT2D eigenvalue weighted by atomic mass is 16.5. The molecule has 2 nitrogen and oxygen atoms in total. The number of hydrogen-bond acceptors (Lipinski definition) is 1. The van der Waals surface area contributed by atoms with E-state index in [1.807, 2.05) is 6.07 Å². The highest BCUT2D eigenvalue weighted by molar-refractivity contribution is 5.48. The first kappa shape index (κ1) is 11.4. The maximum Gasteiger partial charge on any atom is 0.106 e. The van der Waals surface area contributed by atoms with Gasteiger partial charge in [0, 0.05) is 6.61 Å². The molecule has 1 aromatic carbocycles. The molecule has 1 aliphatic rings. The Labute approximate surface area is 97.3 Å². The van der Waals surface area contributed by atoms with Crippen molar-refractivity contribution in [3.8, 4) is 0 Å². The minimum Gasteiger partial charge on any atom is -0.372 e. The zero-order valence-corrected chi connectivity index (χ0v) is 9.64. The molecule has 2 rings (SSSR count). The summed E-state index contributed by atoms with van der Waals surface area (Å²) in [7, 11) is 0. The summed E-state index contributed by atoms with van der Waals surface area (Å²) >= 11 is 0. The van der Waals surface area contributed by atoms with Crippen LogP contribution in [0, 0.1) is 0 Å². The number of rotatable bonds is 5. The molecule has 1 aliphatic heterocycles. The Morgan fingerprint density at radius 3 is 2.94 bits per heavy atom. The topological polar surface area (TPSA) is 25.8 Å². The molecular weight excluding hydrogens is 198 g/mol. The van der Waals surface area contributed by atoms with E-state index in [1.165, 1.54) is 18.4 Å². The van der Waals surface area contributed by atoms with Gasteiger partial charge >= 0.3 is 0 Å². The number of ether oxygens (including phenoxy) is 1. The molecule has 0 aromatic heterocycles. The van der Waals surface area contributed by atoms with Crippen molar-refractivity contribution in [1.82, 2.24) is 0 Å². The first-order valence-electron chi connectivity index (χ1n) is 6.10. The Morgan fingerprint density at radius 1 is 1.31 bits per heavy atom. The second-order valence-electron chi connectivity index (χ2n) is 4.21. The second-order valence-corrected chi connectivity index (χ2v) is 4.21. The average molecular weight is 218 g/mol. The van der Waals surface area contributed by atoms with Gasteiger partial charge in [-0.1, -0.05) is 36.4 Å². The summed E-state index contributed by atoms with van der Waals surface area (Å²) in [5.41, 5.74) is 1.27. The average Bonchev–Trinajstić information content (AvgIpc) is 2.83. The smallest absolute Gasteiger partial charge is 0.106 e. The van der Waals surface area contributed by atoms with Crippen molar-refractivity contribution in [3.63, 3.8) is 0 Å². The molecule has 1 fully saturated rings. The van der Waals surface area contributed by atoms with Gasteiger partial charge in [0.2, 0.25) is 0 Å². The Balaban J connectivity index is 1.62. The Morgan fingerprint density at radius 2 is 2.19 bits per heavy atom.